The lowest BCUT2D eigenvalue weighted by atomic mass is 10.0. The molecule has 1 heterocycles. The van der Waals surface area contributed by atoms with E-state index in [0.29, 0.717) is 5.76 Å². The highest BCUT2D eigenvalue weighted by Crippen LogP contribution is 2.27. The van der Waals surface area contributed by atoms with E-state index in [0.717, 1.165) is 22.4 Å². The molecule has 0 bridgehead atoms. The average molecular weight is 339 g/mol. The number of hydrogen-bond donors (Lipinski definition) is 1. The van der Waals surface area contributed by atoms with Gasteiger partial charge in [-0.15, -0.1) is 0 Å². The summed E-state index contributed by atoms with van der Waals surface area (Å²) in [7, 11) is 0. The summed E-state index contributed by atoms with van der Waals surface area (Å²) in [5.74, 6) is 0.691. The minimum Gasteiger partial charge on any atom is -0.451 e. The van der Waals surface area contributed by atoms with E-state index in [2.05, 4.69) is 29.6 Å². The molecule has 0 saturated heterocycles. The lowest BCUT2D eigenvalue weighted by Gasteiger charge is -2.04. The first-order valence-electron chi connectivity index (χ1n) is 8.42. The Morgan fingerprint density at radius 2 is 1.31 bits per heavy atom. The lowest BCUT2D eigenvalue weighted by molar-refractivity contribution is 0.0997. The summed E-state index contributed by atoms with van der Waals surface area (Å²) in [4.78, 5) is 12.3. The van der Waals surface area contributed by atoms with Gasteiger partial charge in [-0.05, 0) is 41.5 Å². The normalized spacial score (nSPS) is 10.5. The predicted molar refractivity (Wildman–Crippen MR) is 104 cm³/mol. The van der Waals surface area contributed by atoms with Gasteiger partial charge in [-0.25, -0.2) is 0 Å². The van der Waals surface area contributed by atoms with Crippen LogP contribution in [-0.2, 0) is 0 Å². The zero-order valence-electron chi connectivity index (χ0n) is 14.1. The van der Waals surface area contributed by atoms with Crippen molar-refractivity contribution in [1.82, 2.24) is 0 Å². The number of nitrogens with one attached hydrogen (secondary N) is 1. The summed E-state index contributed by atoms with van der Waals surface area (Å²) in [5.41, 5.74) is 3.92. The Morgan fingerprint density at radius 1 is 0.654 bits per heavy atom. The molecule has 1 amide bonds. The Kier molecular flexibility index (Phi) is 4.35. The van der Waals surface area contributed by atoms with E-state index in [9.17, 15) is 4.79 Å². The first kappa shape index (κ1) is 15.9. The van der Waals surface area contributed by atoms with Gasteiger partial charge in [0.1, 0.15) is 5.76 Å². The average Bonchev–Trinajstić information content (AvgIpc) is 3.20. The molecule has 0 radical (unpaired) electrons. The molecule has 0 fully saturated rings. The van der Waals surface area contributed by atoms with Gasteiger partial charge in [-0.3, -0.25) is 4.79 Å². The number of para-hydroxylation sites is 1. The third-order valence-electron chi connectivity index (χ3n) is 4.12. The van der Waals surface area contributed by atoms with Crippen LogP contribution in [0.2, 0.25) is 0 Å². The van der Waals surface area contributed by atoms with Gasteiger partial charge in [0, 0.05) is 11.3 Å². The minimum atomic E-state index is -0.262. The largest absolute Gasteiger partial charge is 0.451 e. The number of furan rings is 1. The van der Waals surface area contributed by atoms with Crippen LogP contribution in [0.3, 0.4) is 0 Å². The number of rotatable bonds is 4. The fourth-order valence-corrected chi connectivity index (χ4v) is 2.81. The van der Waals surface area contributed by atoms with E-state index >= 15 is 0 Å². The van der Waals surface area contributed by atoms with Crippen molar-refractivity contribution in [2.75, 3.05) is 5.32 Å². The first-order valence-corrected chi connectivity index (χ1v) is 8.42. The Balaban J connectivity index is 1.57. The van der Waals surface area contributed by atoms with Crippen molar-refractivity contribution in [2.24, 2.45) is 0 Å². The highest BCUT2D eigenvalue weighted by Gasteiger charge is 2.13. The summed E-state index contributed by atoms with van der Waals surface area (Å²) in [6.07, 6.45) is 0. The molecule has 0 saturated carbocycles. The van der Waals surface area contributed by atoms with Crippen molar-refractivity contribution in [2.45, 2.75) is 0 Å². The SMILES string of the molecule is O=C(Nc1ccccc1)c1ccc(-c2cccc(-c3ccccc3)c2)o1. The van der Waals surface area contributed by atoms with Crippen LogP contribution in [0, 0.1) is 0 Å². The molecular weight excluding hydrogens is 322 g/mol. The zero-order chi connectivity index (χ0) is 17.8. The molecule has 0 aliphatic carbocycles. The summed E-state index contributed by atoms with van der Waals surface area (Å²) < 4.78 is 5.78. The fourth-order valence-electron chi connectivity index (χ4n) is 2.81. The quantitative estimate of drug-likeness (QED) is 0.505. The number of carbonyl (C=O) groups excluding carboxylic acids is 1. The number of amides is 1. The van der Waals surface area contributed by atoms with Crippen LogP contribution in [0.25, 0.3) is 22.5 Å². The molecule has 0 spiro atoms. The second-order valence-corrected chi connectivity index (χ2v) is 5.93. The highest BCUT2D eigenvalue weighted by atomic mass is 16.3. The highest BCUT2D eigenvalue weighted by molar-refractivity contribution is 6.02. The van der Waals surface area contributed by atoms with E-state index in [1.54, 1.807) is 6.07 Å². The minimum absolute atomic E-state index is 0.262. The third kappa shape index (κ3) is 3.42. The van der Waals surface area contributed by atoms with Crippen molar-refractivity contribution in [3.05, 3.63) is 103 Å². The van der Waals surface area contributed by atoms with Crippen LogP contribution >= 0.6 is 0 Å². The Labute approximate surface area is 151 Å². The number of carbonyl (C=O) groups is 1. The molecule has 4 rings (SSSR count). The fraction of sp³-hybridized carbons (Fsp3) is 0. The molecule has 3 heteroatoms. The number of anilines is 1. The van der Waals surface area contributed by atoms with Gasteiger partial charge in [-0.1, -0.05) is 66.7 Å². The summed E-state index contributed by atoms with van der Waals surface area (Å²) in [6.45, 7) is 0. The molecule has 1 N–H and O–H groups in total. The van der Waals surface area contributed by atoms with Crippen LogP contribution < -0.4 is 5.32 Å². The van der Waals surface area contributed by atoms with E-state index < -0.39 is 0 Å². The van der Waals surface area contributed by atoms with Crippen molar-refractivity contribution < 1.29 is 9.21 Å². The molecule has 1 aromatic heterocycles. The van der Waals surface area contributed by atoms with Gasteiger partial charge in [0.25, 0.3) is 5.91 Å². The van der Waals surface area contributed by atoms with Gasteiger partial charge >= 0.3 is 0 Å². The Hall–Kier alpha value is -3.59. The standard InChI is InChI=1S/C23H17NO2/c25-23(24-20-12-5-2-6-13-20)22-15-14-21(26-22)19-11-7-10-18(16-19)17-8-3-1-4-9-17/h1-16H,(H,24,25). The monoisotopic (exact) mass is 339 g/mol. The predicted octanol–water partition coefficient (Wildman–Crippen LogP) is 5.87. The molecule has 0 unspecified atom stereocenters. The van der Waals surface area contributed by atoms with Crippen LogP contribution in [0.4, 0.5) is 5.69 Å². The smallest absolute Gasteiger partial charge is 0.291 e. The molecule has 26 heavy (non-hydrogen) atoms. The summed E-state index contributed by atoms with van der Waals surface area (Å²) in [6, 6.07) is 31.1. The van der Waals surface area contributed by atoms with Crippen LogP contribution in [-0.4, -0.2) is 5.91 Å². The second kappa shape index (κ2) is 7.11. The van der Waals surface area contributed by atoms with Gasteiger partial charge in [0.05, 0.1) is 0 Å². The Morgan fingerprint density at radius 3 is 2.08 bits per heavy atom. The van der Waals surface area contributed by atoms with Crippen LogP contribution in [0.15, 0.2) is 101 Å². The van der Waals surface area contributed by atoms with E-state index in [1.807, 2.05) is 66.7 Å². The molecule has 0 aliphatic heterocycles. The first-order chi connectivity index (χ1) is 12.8. The molecule has 126 valence electrons. The lowest BCUT2D eigenvalue weighted by Crippen LogP contribution is -2.10. The molecule has 4 aromatic rings. The van der Waals surface area contributed by atoms with Crippen molar-refractivity contribution >= 4 is 11.6 Å². The van der Waals surface area contributed by atoms with Crippen molar-refractivity contribution in [1.29, 1.82) is 0 Å². The molecule has 3 nitrogen and oxygen atoms in total. The maximum absolute atomic E-state index is 12.3. The van der Waals surface area contributed by atoms with E-state index in [-0.39, 0.29) is 11.7 Å². The number of benzene rings is 3. The van der Waals surface area contributed by atoms with Gasteiger partial charge < -0.3 is 9.73 Å². The number of hydrogen-bond acceptors (Lipinski definition) is 2. The van der Waals surface area contributed by atoms with Gasteiger partial charge in [-0.2, -0.15) is 0 Å². The second-order valence-electron chi connectivity index (χ2n) is 5.93. The van der Waals surface area contributed by atoms with Crippen molar-refractivity contribution in [3.63, 3.8) is 0 Å². The van der Waals surface area contributed by atoms with Crippen LogP contribution in [0.1, 0.15) is 10.6 Å². The summed E-state index contributed by atoms with van der Waals surface area (Å²) in [5, 5.41) is 2.83. The maximum atomic E-state index is 12.3. The maximum Gasteiger partial charge on any atom is 0.291 e. The van der Waals surface area contributed by atoms with Crippen LogP contribution in [0.5, 0.6) is 0 Å². The van der Waals surface area contributed by atoms with Gasteiger partial charge in [0.15, 0.2) is 5.76 Å². The van der Waals surface area contributed by atoms with E-state index in [4.69, 9.17) is 4.42 Å². The summed E-state index contributed by atoms with van der Waals surface area (Å²) >= 11 is 0. The van der Waals surface area contributed by atoms with Crippen molar-refractivity contribution in [3.8, 4) is 22.5 Å². The topological polar surface area (TPSA) is 42.2 Å². The van der Waals surface area contributed by atoms with Gasteiger partial charge in [0.2, 0.25) is 0 Å². The molecule has 0 aliphatic rings. The zero-order valence-corrected chi connectivity index (χ0v) is 14.1. The molecule has 3 aromatic carbocycles. The Bertz CT molecular complexity index is 1020. The molecule has 0 atom stereocenters. The molecular formula is C23H17NO2. The van der Waals surface area contributed by atoms with E-state index in [1.165, 1.54) is 0 Å². The third-order valence-corrected chi connectivity index (χ3v) is 4.12.